The van der Waals surface area contributed by atoms with E-state index in [0.29, 0.717) is 13.0 Å². The Balaban J connectivity index is 2.42. The summed E-state index contributed by atoms with van der Waals surface area (Å²) in [5.74, 6) is 0.442. The fourth-order valence-corrected chi connectivity index (χ4v) is 4.07. The van der Waals surface area contributed by atoms with Gasteiger partial charge in [0, 0.05) is 18.9 Å². The Kier molecular flexibility index (Phi) is 8.47. The summed E-state index contributed by atoms with van der Waals surface area (Å²) in [5.41, 5.74) is 1.07. The molecule has 1 saturated heterocycles. The molecule has 0 N–H and O–H groups in total. The molecule has 0 bridgehead atoms. The molecule has 0 amide bonds. The van der Waals surface area contributed by atoms with Crippen LogP contribution in [0.15, 0.2) is 24.3 Å². The summed E-state index contributed by atoms with van der Waals surface area (Å²) in [5, 5.41) is 1.51. The summed E-state index contributed by atoms with van der Waals surface area (Å²) in [6.45, 7) is 13.3. The lowest BCUT2D eigenvalue weighted by Gasteiger charge is -2.47. The zero-order chi connectivity index (χ0) is 22.5. The summed E-state index contributed by atoms with van der Waals surface area (Å²) >= 11 is 0. The van der Waals surface area contributed by atoms with Gasteiger partial charge in [0.2, 0.25) is 8.32 Å². The van der Waals surface area contributed by atoms with Crippen molar-refractivity contribution >= 4 is 14.3 Å². The van der Waals surface area contributed by atoms with Crippen LogP contribution in [0.5, 0.6) is 5.75 Å². The predicted octanol–water partition coefficient (Wildman–Crippen LogP) is 4.65. The first-order valence-corrected chi connectivity index (χ1v) is 13.4. The number of carbonyl (C=O) groups is 1. The maximum absolute atomic E-state index is 12.3. The molecule has 7 nitrogen and oxygen atoms in total. The molecular weight excluding hydrogens is 402 g/mol. The van der Waals surface area contributed by atoms with E-state index in [2.05, 4.69) is 33.9 Å². The Hall–Kier alpha value is -1.45. The molecule has 1 aliphatic rings. The van der Waals surface area contributed by atoms with E-state index in [-0.39, 0.29) is 29.4 Å². The summed E-state index contributed by atoms with van der Waals surface area (Å²) in [7, 11) is 0.822. The van der Waals surface area contributed by atoms with Crippen LogP contribution in [-0.4, -0.2) is 52.7 Å². The molecule has 1 fully saturated rings. The van der Waals surface area contributed by atoms with Crippen molar-refractivity contribution < 1.29 is 28.4 Å². The van der Waals surface area contributed by atoms with Crippen LogP contribution in [0.2, 0.25) is 18.1 Å². The zero-order valence-corrected chi connectivity index (χ0v) is 20.6. The van der Waals surface area contributed by atoms with Crippen molar-refractivity contribution in [2.75, 3.05) is 20.8 Å². The number of hydrogen-bond donors (Lipinski definition) is 0. The minimum Gasteiger partial charge on any atom is -0.497 e. The number of carbonyl (C=O) groups excluding carboxylic acids is 1. The van der Waals surface area contributed by atoms with Gasteiger partial charge in [-0.1, -0.05) is 38.1 Å². The van der Waals surface area contributed by atoms with Gasteiger partial charge in [-0.3, -0.25) is 4.79 Å². The van der Waals surface area contributed by atoms with Crippen LogP contribution in [0.1, 0.15) is 52.0 Å². The van der Waals surface area contributed by atoms with E-state index in [4.69, 9.17) is 23.6 Å². The van der Waals surface area contributed by atoms with Gasteiger partial charge in [0.05, 0.1) is 26.7 Å². The number of esters is 1. The van der Waals surface area contributed by atoms with E-state index >= 15 is 0 Å². The van der Waals surface area contributed by atoms with Crippen molar-refractivity contribution in [1.29, 1.82) is 0 Å². The van der Waals surface area contributed by atoms with E-state index in [0.717, 1.165) is 11.3 Å². The first-order valence-electron chi connectivity index (χ1n) is 10.5. The highest BCUT2D eigenvalue weighted by molar-refractivity contribution is 6.74. The monoisotopic (exact) mass is 439 g/mol. The molecule has 8 heteroatoms. The molecule has 30 heavy (non-hydrogen) atoms. The van der Waals surface area contributed by atoms with Gasteiger partial charge in [0.1, 0.15) is 5.75 Å². The number of hydrogen-bond acceptors (Lipinski definition) is 7. The average molecular weight is 440 g/mol. The Morgan fingerprint density at radius 3 is 2.33 bits per heavy atom. The second-order valence-electron chi connectivity index (χ2n) is 9.09. The van der Waals surface area contributed by atoms with Crippen molar-refractivity contribution in [1.82, 2.24) is 5.23 Å². The van der Waals surface area contributed by atoms with Gasteiger partial charge in [-0.05, 0) is 42.8 Å². The molecule has 0 unspecified atom stereocenters. The van der Waals surface area contributed by atoms with E-state index in [9.17, 15) is 4.79 Å². The number of rotatable bonds is 8. The van der Waals surface area contributed by atoms with Crippen LogP contribution in [0, 0.1) is 0 Å². The Morgan fingerprint density at radius 1 is 1.20 bits per heavy atom. The number of nitrogens with zero attached hydrogens (tertiary/aromatic N) is 1. The lowest BCUT2D eigenvalue weighted by atomic mass is 9.86. The maximum Gasteiger partial charge on any atom is 0.307 e. The van der Waals surface area contributed by atoms with Crippen LogP contribution in [0.4, 0.5) is 0 Å². The molecule has 2 rings (SSSR count). The average Bonchev–Trinajstić information content (AvgIpc) is 2.68. The van der Waals surface area contributed by atoms with E-state index in [1.807, 2.05) is 31.2 Å². The number of benzene rings is 1. The molecule has 0 saturated carbocycles. The highest BCUT2D eigenvalue weighted by Gasteiger charge is 2.47. The van der Waals surface area contributed by atoms with Crippen LogP contribution in [-0.2, 0) is 23.6 Å². The van der Waals surface area contributed by atoms with Crippen molar-refractivity contribution in [3.63, 3.8) is 0 Å². The van der Waals surface area contributed by atoms with E-state index in [1.165, 1.54) is 12.3 Å². The third-order valence-electron chi connectivity index (χ3n) is 6.03. The molecule has 0 radical (unpaired) electrons. The van der Waals surface area contributed by atoms with Crippen LogP contribution >= 0.6 is 0 Å². The molecule has 1 aromatic rings. The van der Waals surface area contributed by atoms with Crippen LogP contribution in [0.25, 0.3) is 0 Å². The van der Waals surface area contributed by atoms with Crippen LogP contribution in [0.3, 0.4) is 0 Å². The maximum atomic E-state index is 12.3. The summed E-state index contributed by atoms with van der Waals surface area (Å²) in [6, 6.07) is 7.56. The van der Waals surface area contributed by atoms with Crippen molar-refractivity contribution in [2.24, 2.45) is 0 Å². The van der Waals surface area contributed by atoms with E-state index < -0.39 is 14.6 Å². The second-order valence-corrected chi connectivity index (χ2v) is 13.8. The molecule has 1 aliphatic heterocycles. The van der Waals surface area contributed by atoms with Gasteiger partial charge in [-0.25, -0.2) is 4.84 Å². The molecule has 170 valence electrons. The lowest BCUT2D eigenvalue weighted by Crippen LogP contribution is -2.55. The number of ether oxygens (including phenoxy) is 3. The SMILES string of the molecule is CCO[C@@H]1C[C@H](c2ccc(OC)cc2)[C@@H](CC(=O)OC)N(O[Si](C)(C)C(C)(C)C)O1. The summed E-state index contributed by atoms with van der Waals surface area (Å²) in [4.78, 5) is 18.4. The molecular formula is C22H37NO6Si. The zero-order valence-electron chi connectivity index (χ0n) is 19.6. The third-order valence-corrected chi connectivity index (χ3v) is 10.3. The lowest BCUT2D eigenvalue weighted by molar-refractivity contribution is -0.426. The Bertz CT molecular complexity index is 688. The molecule has 0 spiro atoms. The van der Waals surface area contributed by atoms with Gasteiger partial charge in [-0.2, -0.15) is 0 Å². The minimum absolute atomic E-state index is 0.0274. The molecule has 1 heterocycles. The fraction of sp³-hybridized carbons (Fsp3) is 0.682. The van der Waals surface area contributed by atoms with Gasteiger partial charge in [0.15, 0.2) is 6.29 Å². The highest BCUT2D eigenvalue weighted by atomic mass is 28.4. The topological polar surface area (TPSA) is 66.5 Å². The van der Waals surface area contributed by atoms with Crippen molar-refractivity contribution in [3.8, 4) is 5.75 Å². The van der Waals surface area contributed by atoms with Gasteiger partial charge >= 0.3 is 5.97 Å². The van der Waals surface area contributed by atoms with Crippen LogP contribution < -0.4 is 4.74 Å². The standard InChI is InChI=1S/C22H37NO6Si/c1-9-27-21-14-18(16-10-12-17(25-5)13-11-16)19(15-20(24)26-6)23(28-21)29-30(7,8)22(2,3)4/h10-13,18-19,21H,9,14-15H2,1-8H3/t18-,19-,21+/m1/s1. The summed E-state index contributed by atoms with van der Waals surface area (Å²) in [6.07, 6.45) is 0.306. The molecule has 3 atom stereocenters. The minimum atomic E-state index is -2.22. The first kappa shape index (κ1) is 24.8. The van der Waals surface area contributed by atoms with Gasteiger partial charge in [0.25, 0.3) is 0 Å². The van der Waals surface area contributed by atoms with Gasteiger partial charge in [-0.15, -0.1) is 0 Å². The summed E-state index contributed by atoms with van der Waals surface area (Å²) < 4.78 is 22.6. The fourth-order valence-electron chi connectivity index (χ4n) is 3.16. The molecule has 0 aromatic heterocycles. The second kappa shape index (κ2) is 10.2. The predicted molar refractivity (Wildman–Crippen MR) is 117 cm³/mol. The largest absolute Gasteiger partial charge is 0.497 e. The third kappa shape index (κ3) is 6.04. The van der Waals surface area contributed by atoms with Crippen molar-refractivity contribution in [3.05, 3.63) is 29.8 Å². The first-order chi connectivity index (χ1) is 14.0. The highest BCUT2D eigenvalue weighted by Crippen LogP contribution is 2.42. The molecule has 0 aliphatic carbocycles. The quantitative estimate of drug-likeness (QED) is 0.431. The van der Waals surface area contributed by atoms with Gasteiger partial charge < -0.3 is 18.7 Å². The number of hydroxylamine groups is 2. The molecule has 1 aromatic carbocycles. The van der Waals surface area contributed by atoms with Crippen molar-refractivity contribution in [2.45, 2.75) is 76.9 Å². The Labute approximate surface area is 181 Å². The Morgan fingerprint density at radius 2 is 1.83 bits per heavy atom. The number of methoxy groups -OCH3 is 2. The normalized spacial score (nSPS) is 23.3. The smallest absolute Gasteiger partial charge is 0.307 e. The van der Waals surface area contributed by atoms with E-state index in [1.54, 1.807) is 7.11 Å².